The first-order chi connectivity index (χ1) is 15.2. The third kappa shape index (κ3) is 4.67. The molecule has 6 nitrogen and oxygen atoms in total. The topological polar surface area (TPSA) is 71.4 Å². The summed E-state index contributed by atoms with van der Waals surface area (Å²) in [6, 6.07) is 11.1. The lowest BCUT2D eigenvalue weighted by molar-refractivity contribution is -0.137. The highest BCUT2D eigenvalue weighted by Gasteiger charge is 2.34. The van der Waals surface area contributed by atoms with Crippen LogP contribution >= 0.6 is 0 Å². The number of aromatic nitrogens is 1. The molecule has 1 heterocycles. The zero-order valence-electron chi connectivity index (χ0n) is 18.8. The summed E-state index contributed by atoms with van der Waals surface area (Å²) >= 11 is 0. The number of para-hydroxylation sites is 1. The summed E-state index contributed by atoms with van der Waals surface area (Å²) in [5.41, 5.74) is 0.997. The van der Waals surface area contributed by atoms with Crippen LogP contribution in [0, 0.1) is 20.8 Å². The molecule has 0 unspecified atom stereocenters. The third-order valence-corrected chi connectivity index (χ3v) is 7.29. The van der Waals surface area contributed by atoms with Crippen LogP contribution in [0.25, 0.3) is 5.69 Å². The van der Waals surface area contributed by atoms with Gasteiger partial charge in [0.1, 0.15) is 0 Å². The fraction of sp³-hybridized carbons (Fsp3) is 0.261. The molecule has 176 valence electrons. The van der Waals surface area contributed by atoms with Crippen molar-refractivity contribution in [1.82, 2.24) is 8.87 Å². The van der Waals surface area contributed by atoms with Crippen LogP contribution in [-0.4, -0.2) is 37.3 Å². The van der Waals surface area contributed by atoms with Crippen LogP contribution in [0.3, 0.4) is 0 Å². The number of nitrogens with zero attached hydrogens (tertiary/aromatic N) is 2. The lowest BCUT2D eigenvalue weighted by Gasteiger charge is -2.17. The molecule has 0 bridgehead atoms. The number of anilines is 1. The van der Waals surface area contributed by atoms with Crippen molar-refractivity contribution in [3.05, 3.63) is 76.6 Å². The maximum absolute atomic E-state index is 13.5. The molecular weight excluding hydrogens is 455 g/mol. The molecule has 0 aliphatic heterocycles. The van der Waals surface area contributed by atoms with Gasteiger partial charge in [0, 0.05) is 31.2 Å². The summed E-state index contributed by atoms with van der Waals surface area (Å²) in [4.78, 5) is 13.1. The monoisotopic (exact) mass is 479 g/mol. The largest absolute Gasteiger partial charge is 0.418 e. The van der Waals surface area contributed by atoms with Crippen LogP contribution < -0.4 is 5.32 Å². The van der Waals surface area contributed by atoms with E-state index in [-0.39, 0.29) is 16.1 Å². The number of nitrogens with one attached hydrogen (secondary N) is 1. The van der Waals surface area contributed by atoms with Crippen LogP contribution in [0.4, 0.5) is 18.9 Å². The van der Waals surface area contributed by atoms with Gasteiger partial charge in [0.05, 0.1) is 21.7 Å². The number of aryl methyl sites for hydroxylation is 2. The van der Waals surface area contributed by atoms with Crippen LogP contribution in [0.2, 0.25) is 0 Å². The molecule has 2 aromatic carbocycles. The minimum Gasteiger partial charge on any atom is -0.322 e. The molecule has 0 saturated carbocycles. The summed E-state index contributed by atoms with van der Waals surface area (Å²) in [6.07, 6.45) is -4.55. The molecular formula is C23H24F3N3O3S. The minimum absolute atomic E-state index is 0.0619. The second kappa shape index (κ2) is 8.68. The molecule has 10 heteroatoms. The van der Waals surface area contributed by atoms with Crippen molar-refractivity contribution in [2.75, 3.05) is 19.4 Å². The second-order valence-electron chi connectivity index (χ2n) is 7.86. The van der Waals surface area contributed by atoms with Crippen molar-refractivity contribution in [3.63, 3.8) is 0 Å². The average molecular weight is 480 g/mol. The number of halogens is 3. The van der Waals surface area contributed by atoms with Gasteiger partial charge in [-0.25, -0.2) is 12.7 Å². The van der Waals surface area contributed by atoms with Gasteiger partial charge in [0.25, 0.3) is 5.91 Å². The van der Waals surface area contributed by atoms with Gasteiger partial charge < -0.3 is 9.88 Å². The van der Waals surface area contributed by atoms with Crippen LogP contribution in [0.15, 0.2) is 53.4 Å². The van der Waals surface area contributed by atoms with Crippen LogP contribution in [-0.2, 0) is 16.2 Å². The average Bonchev–Trinajstić information content (AvgIpc) is 3.01. The number of carbonyl (C=O) groups excluding carboxylic acids is 1. The number of sulfonamides is 1. The molecule has 3 aromatic rings. The highest BCUT2D eigenvalue weighted by Crippen LogP contribution is 2.35. The van der Waals surface area contributed by atoms with Crippen LogP contribution in [0.5, 0.6) is 0 Å². The summed E-state index contributed by atoms with van der Waals surface area (Å²) in [5.74, 6) is -0.513. The predicted molar refractivity (Wildman–Crippen MR) is 120 cm³/mol. The Bertz CT molecular complexity index is 1330. The molecule has 0 aliphatic carbocycles. The van der Waals surface area contributed by atoms with Crippen molar-refractivity contribution in [2.45, 2.75) is 31.8 Å². The SMILES string of the molecule is Cc1cc(NC(=O)c2cc(C)n(-c3ccccc3C(F)(F)F)c2C)ccc1S(=O)(=O)N(C)C. The fourth-order valence-electron chi connectivity index (χ4n) is 3.68. The van der Waals surface area contributed by atoms with E-state index in [1.54, 1.807) is 20.8 Å². The number of hydrogen-bond acceptors (Lipinski definition) is 3. The van der Waals surface area contributed by atoms with E-state index < -0.39 is 27.7 Å². The molecule has 1 amide bonds. The van der Waals surface area contributed by atoms with Crippen LogP contribution in [0.1, 0.15) is 32.9 Å². The Hall–Kier alpha value is -3.11. The number of rotatable bonds is 5. The molecule has 0 aliphatic rings. The smallest absolute Gasteiger partial charge is 0.322 e. The van der Waals surface area contributed by atoms with E-state index in [2.05, 4.69) is 5.32 Å². The van der Waals surface area contributed by atoms with Gasteiger partial charge in [-0.15, -0.1) is 0 Å². The van der Waals surface area contributed by atoms with Crippen molar-refractivity contribution in [3.8, 4) is 5.69 Å². The number of amides is 1. The van der Waals surface area contributed by atoms with E-state index in [0.29, 0.717) is 22.6 Å². The summed E-state index contributed by atoms with van der Waals surface area (Å²) in [6.45, 7) is 4.82. The Labute approximate surface area is 190 Å². The highest BCUT2D eigenvalue weighted by molar-refractivity contribution is 7.89. The second-order valence-corrected chi connectivity index (χ2v) is 9.98. The minimum atomic E-state index is -4.55. The molecule has 0 spiro atoms. The number of benzene rings is 2. The molecule has 0 atom stereocenters. The van der Waals surface area contributed by atoms with E-state index in [1.807, 2.05) is 0 Å². The molecule has 1 N–H and O–H groups in total. The van der Waals surface area contributed by atoms with Crippen molar-refractivity contribution >= 4 is 21.6 Å². The standard InChI is InChI=1S/C23H24F3N3O3S/c1-14-12-17(10-11-21(14)33(31,32)28(4)5)27-22(30)18-13-15(2)29(16(18)3)20-9-7-6-8-19(20)23(24,25)26/h6-13H,1-5H3,(H,27,30). The van der Waals surface area contributed by atoms with Gasteiger partial charge in [-0.05, 0) is 62.7 Å². The Morgan fingerprint density at radius 2 is 1.64 bits per heavy atom. The predicted octanol–water partition coefficient (Wildman–Crippen LogP) is 4.92. The van der Waals surface area contributed by atoms with Gasteiger partial charge in [-0.3, -0.25) is 4.79 Å². The fourth-order valence-corrected chi connectivity index (χ4v) is 4.78. The van der Waals surface area contributed by atoms with Gasteiger partial charge in [0.2, 0.25) is 10.0 Å². The first-order valence-corrected chi connectivity index (χ1v) is 11.4. The van der Waals surface area contributed by atoms with E-state index in [9.17, 15) is 26.4 Å². The van der Waals surface area contributed by atoms with E-state index in [4.69, 9.17) is 0 Å². The number of carbonyl (C=O) groups is 1. The third-order valence-electron chi connectivity index (χ3n) is 5.32. The lowest BCUT2D eigenvalue weighted by atomic mass is 10.1. The van der Waals surface area contributed by atoms with E-state index >= 15 is 0 Å². The first-order valence-electron chi connectivity index (χ1n) is 9.95. The molecule has 33 heavy (non-hydrogen) atoms. The van der Waals surface area contributed by atoms with Gasteiger partial charge in [0.15, 0.2) is 0 Å². The Kier molecular flexibility index (Phi) is 6.45. The molecule has 0 fully saturated rings. The maximum atomic E-state index is 13.5. The summed E-state index contributed by atoms with van der Waals surface area (Å²) in [7, 11) is -0.780. The normalized spacial score (nSPS) is 12.3. The number of hydrogen-bond donors (Lipinski definition) is 1. The Morgan fingerprint density at radius 1 is 1.00 bits per heavy atom. The summed E-state index contributed by atoms with van der Waals surface area (Å²) in [5, 5.41) is 2.70. The van der Waals surface area contributed by atoms with Crippen molar-refractivity contribution in [1.29, 1.82) is 0 Å². The van der Waals surface area contributed by atoms with Crippen molar-refractivity contribution < 1.29 is 26.4 Å². The molecule has 0 radical (unpaired) electrons. The Morgan fingerprint density at radius 3 is 2.21 bits per heavy atom. The van der Waals surface area contributed by atoms with E-state index in [1.165, 1.54) is 61.1 Å². The Balaban J connectivity index is 1.96. The molecule has 1 aromatic heterocycles. The number of alkyl halides is 3. The van der Waals surface area contributed by atoms with Gasteiger partial charge in [-0.1, -0.05) is 12.1 Å². The lowest BCUT2D eigenvalue weighted by Crippen LogP contribution is -2.23. The van der Waals surface area contributed by atoms with Gasteiger partial charge in [-0.2, -0.15) is 13.2 Å². The highest BCUT2D eigenvalue weighted by atomic mass is 32.2. The molecule has 0 saturated heterocycles. The quantitative estimate of drug-likeness (QED) is 0.565. The van der Waals surface area contributed by atoms with Crippen molar-refractivity contribution in [2.24, 2.45) is 0 Å². The zero-order valence-corrected chi connectivity index (χ0v) is 19.6. The van der Waals surface area contributed by atoms with E-state index in [0.717, 1.165) is 10.4 Å². The summed E-state index contributed by atoms with van der Waals surface area (Å²) < 4.78 is 67.8. The first kappa shape index (κ1) is 24.5. The van der Waals surface area contributed by atoms with Gasteiger partial charge >= 0.3 is 6.18 Å². The zero-order chi connectivity index (χ0) is 24.7. The molecule has 3 rings (SSSR count). The maximum Gasteiger partial charge on any atom is 0.418 e.